The van der Waals surface area contributed by atoms with Crippen molar-refractivity contribution in [3.8, 4) is 17.2 Å². The molecule has 0 bridgehead atoms. The van der Waals surface area contributed by atoms with Gasteiger partial charge in [0.2, 0.25) is 11.7 Å². The SMILES string of the molecule is CCc1cc(=O)[nH]c(N/N=C\c2cc(OC)c(O)c(OC)c2)n1. The average molecular weight is 318 g/mol. The number of benzene rings is 1. The van der Waals surface area contributed by atoms with Gasteiger partial charge in [0.1, 0.15) is 0 Å². The molecule has 1 aromatic carbocycles. The van der Waals surface area contributed by atoms with Gasteiger partial charge >= 0.3 is 0 Å². The first kappa shape index (κ1) is 16.3. The molecular weight excluding hydrogens is 300 g/mol. The van der Waals surface area contributed by atoms with Crippen LogP contribution in [-0.2, 0) is 6.42 Å². The van der Waals surface area contributed by atoms with E-state index < -0.39 is 0 Å². The van der Waals surface area contributed by atoms with Crippen molar-refractivity contribution in [3.05, 3.63) is 39.8 Å². The molecule has 122 valence electrons. The van der Waals surface area contributed by atoms with Gasteiger partial charge in [0, 0.05) is 17.3 Å². The second-order valence-corrected chi connectivity index (χ2v) is 4.58. The van der Waals surface area contributed by atoms with Crippen molar-refractivity contribution < 1.29 is 14.6 Å². The minimum absolute atomic E-state index is 0.0817. The highest BCUT2D eigenvalue weighted by Crippen LogP contribution is 2.36. The Morgan fingerprint density at radius 2 is 1.96 bits per heavy atom. The Morgan fingerprint density at radius 1 is 1.30 bits per heavy atom. The molecule has 2 aromatic rings. The lowest BCUT2D eigenvalue weighted by Crippen LogP contribution is -2.11. The van der Waals surface area contributed by atoms with Gasteiger partial charge in [0.15, 0.2) is 11.5 Å². The minimum Gasteiger partial charge on any atom is -0.502 e. The number of hydrogen-bond acceptors (Lipinski definition) is 7. The average Bonchev–Trinajstić information content (AvgIpc) is 2.55. The number of aromatic nitrogens is 2. The zero-order valence-corrected chi connectivity index (χ0v) is 13.1. The van der Waals surface area contributed by atoms with Gasteiger partial charge in [-0.15, -0.1) is 0 Å². The standard InChI is InChI=1S/C15H18N4O4/c1-4-10-7-13(20)18-15(17-10)19-16-8-9-5-11(22-2)14(21)12(6-9)23-3/h5-8,21H,4H2,1-3H3,(H2,17,18,19,20)/b16-8-. The van der Waals surface area contributed by atoms with E-state index in [4.69, 9.17) is 9.47 Å². The Kier molecular flexibility index (Phi) is 5.19. The molecule has 0 saturated heterocycles. The number of hydrazone groups is 1. The van der Waals surface area contributed by atoms with Crippen LogP contribution in [-0.4, -0.2) is 35.5 Å². The molecule has 0 aliphatic heterocycles. The number of phenolic OH excluding ortho intramolecular Hbond substituents is 1. The van der Waals surface area contributed by atoms with Crippen LogP contribution in [0.2, 0.25) is 0 Å². The molecule has 0 atom stereocenters. The Bertz CT molecular complexity index is 745. The number of nitrogens with zero attached hydrogens (tertiary/aromatic N) is 2. The quantitative estimate of drug-likeness (QED) is 0.550. The van der Waals surface area contributed by atoms with E-state index in [0.717, 1.165) is 0 Å². The van der Waals surface area contributed by atoms with E-state index >= 15 is 0 Å². The number of phenols is 1. The summed E-state index contributed by atoms with van der Waals surface area (Å²) in [7, 11) is 2.89. The van der Waals surface area contributed by atoms with Gasteiger partial charge in [0.25, 0.3) is 5.56 Å². The Morgan fingerprint density at radius 3 is 2.52 bits per heavy atom. The predicted octanol–water partition coefficient (Wildman–Crippen LogP) is 1.50. The summed E-state index contributed by atoms with van der Waals surface area (Å²) < 4.78 is 10.1. The van der Waals surface area contributed by atoms with E-state index in [1.54, 1.807) is 12.1 Å². The lowest BCUT2D eigenvalue weighted by atomic mass is 10.2. The van der Waals surface area contributed by atoms with Gasteiger partial charge in [-0.2, -0.15) is 5.10 Å². The van der Waals surface area contributed by atoms with Crippen molar-refractivity contribution in [2.45, 2.75) is 13.3 Å². The first-order valence-electron chi connectivity index (χ1n) is 6.91. The number of rotatable bonds is 6. The molecule has 0 aliphatic rings. The molecule has 0 spiro atoms. The van der Waals surface area contributed by atoms with E-state index in [1.165, 1.54) is 26.5 Å². The molecule has 0 unspecified atom stereocenters. The van der Waals surface area contributed by atoms with Gasteiger partial charge < -0.3 is 14.6 Å². The fourth-order valence-electron chi connectivity index (χ4n) is 1.90. The molecule has 1 heterocycles. The molecule has 0 saturated carbocycles. The predicted molar refractivity (Wildman–Crippen MR) is 86.7 cm³/mol. The zero-order valence-electron chi connectivity index (χ0n) is 13.1. The molecule has 23 heavy (non-hydrogen) atoms. The molecule has 2 rings (SSSR count). The smallest absolute Gasteiger partial charge is 0.252 e. The van der Waals surface area contributed by atoms with Crippen molar-refractivity contribution in [2.24, 2.45) is 5.10 Å². The van der Waals surface area contributed by atoms with Crippen LogP contribution >= 0.6 is 0 Å². The van der Waals surface area contributed by atoms with Crippen LogP contribution in [0.4, 0.5) is 5.95 Å². The number of aromatic hydroxyl groups is 1. The molecule has 0 aliphatic carbocycles. The van der Waals surface area contributed by atoms with Crippen LogP contribution in [0, 0.1) is 0 Å². The monoisotopic (exact) mass is 318 g/mol. The van der Waals surface area contributed by atoms with Crippen molar-refractivity contribution in [2.75, 3.05) is 19.6 Å². The fraction of sp³-hybridized carbons (Fsp3) is 0.267. The third-order valence-corrected chi connectivity index (χ3v) is 3.04. The molecule has 0 amide bonds. The van der Waals surface area contributed by atoms with E-state index in [2.05, 4.69) is 20.5 Å². The summed E-state index contributed by atoms with van der Waals surface area (Å²) in [6.07, 6.45) is 2.14. The lowest BCUT2D eigenvalue weighted by Gasteiger charge is -2.09. The van der Waals surface area contributed by atoms with Crippen molar-refractivity contribution in [3.63, 3.8) is 0 Å². The first-order chi connectivity index (χ1) is 11.1. The number of anilines is 1. The van der Waals surface area contributed by atoms with E-state index in [9.17, 15) is 9.90 Å². The third-order valence-electron chi connectivity index (χ3n) is 3.04. The fourth-order valence-corrected chi connectivity index (χ4v) is 1.90. The second-order valence-electron chi connectivity index (χ2n) is 4.58. The lowest BCUT2D eigenvalue weighted by molar-refractivity contribution is 0.340. The van der Waals surface area contributed by atoms with Gasteiger partial charge in [-0.1, -0.05) is 6.92 Å². The molecule has 8 nitrogen and oxygen atoms in total. The van der Waals surface area contributed by atoms with E-state index in [0.29, 0.717) is 17.7 Å². The third kappa shape index (κ3) is 4.00. The first-order valence-corrected chi connectivity index (χ1v) is 6.91. The van der Waals surface area contributed by atoms with Crippen LogP contribution in [0.3, 0.4) is 0 Å². The second kappa shape index (κ2) is 7.30. The molecule has 0 radical (unpaired) electrons. The highest BCUT2D eigenvalue weighted by molar-refractivity contribution is 5.82. The van der Waals surface area contributed by atoms with Crippen LogP contribution in [0.5, 0.6) is 17.2 Å². The number of aromatic amines is 1. The summed E-state index contributed by atoms with van der Waals surface area (Å²) in [4.78, 5) is 18.2. The van der Waals surface area contributed by atoms with Crippen LogP contribution in [0.15, 0.2) is 28.1 Å². The summed E-state index contributed by atoms with van der Waals surface area (Å²) in [5.41, 5.74) is 3.71. The normalized spacial score (nSPS) is 10.7. The summed E-state index contributed by atoms with van der Waals surface area (Å²) in [5, 5.41) is 13.9. The highest BCUT2D eigenvalue weighted by Gasteiger charge is 2.10. The molecule has 3 N–H and O–H groups in total. The number of aryl methyl sites for hydroxylation is 1. The molecular formula is C15H18N4O4. The minimum atomic E-state index is -0.248. The summed E-state index contributed by atoms with van der Waals surface area (Å²) >= 11 is 0. The maximum atomic E-state index is 11.5. The van der Waals surface area contributed by atoms with E-state index in [1.807, 2.05) is 6.92 Å². The van der Waals surface area contributed by atoms with E-state index in [-0.39, 0.29) is 28.8 Å². The van der Waals surface area contributed by atoms with Gasteiger partial charge in [-0.05, 0) is 18.6 Å². The Hall–Kier alpha value is -3.03. The summed E-state index contributed by atoms with van der Waals surface area (Å²) in [5.74, 6) is 0.709. The largest absolute Gasteiger partial charge is 0.502 e. The van der Waals surface area contributed by atoms with Crippen LogP contribution < -0.4 is 20.5 Å². The van der Waals surface area contributed by atoms with Gasteiger partial charge in [-0.25, -0.2) is 10.4 Å². The molecule has 0 fully saturated rings. The summed E-state index contributed by atoms with van der Waals surface area (Å²) in [6, 6.07) is 4.63. The number of nitrogens with one attached hydrogen (secondary N) is 2. The van der Waals surface area contributed by atoms with Gasteiger partial charge in [0.05, 0.1) is 20.4 Å². The van der Waals surface area contributed by atoms with Crippen molar-refractivity contribution >= 4 is 12.2 Å². The maximum absolute atomic E-state index is 11.5. The maximum Gasteiger partial charge on any atom is 0.252 e. The van der Waals surface area contributed by atoms with Gasteiger partial charge in [-0.3, -0.25) is 9.78 Å². The van der Waals surface area contributed by atoms with Crippen molar-refractivity contribution in [1.82, 2.24) is 9.97 Å². The number of ether oxygens (including phenoxy) is 2. The Labute approximate surface area is 132 Å². The highest BCUT2D eigenvalue weighted by atomic mass is 16.5. The topological polar surface area (TPSA) is 109 Å². The van der Waals surface area contributed by atoms with Crippen LogP contribution in [0.25, 0.3) is 0 Å². The number of hydrogen-bond donors (Lipinski definition) is 3. The number of H-pyrrole nitrogens is 1. The Balaban J connectivity index is 2.20. The van der Waals surface area contributed by atoms with Crippen molar-refractivity contribution in [1.29, 1.82) is 0 Å². The number of methoxy groups -OCH3 is 2. The van der Waals surface area contributed by atoms with Crippen LogP contribution in [0.1, 0.15) is 18.2 Å². The molecule has 1 aromatic heterocycles. The summed E-state index contributed by atoms with van der Waals surface area (Å²) in [6.45, 7) is 1.91. The zero-order chi connectivity index (χ0) is 16.8. The molecule has 8 heteroatoms.